The first-order valence-corrected chi connectivity index (χ1v) is 8.71. The highest BCUT2D eigenvalue weighted by molar-refractivity contribution is 9.10. The summed E-state index contributed by atoms with van der Waals surface area (Å²) in [6.07, 6.45) is 10.8. The summed E-state index contributed by atoms with van der Waals surface area (Å²) in [7, 11) is 0. The van der Waals surface area contributed by atoms with Crippen LogP contribution in [0.15, 0.2) is 10.5 Å². The molecule has 0 unspecified atom stereocenters. The van der Waals surface area contributed by atoms with Crippen molar-refractivity contribution < 1.29 is 5.11 Å². The number of phenols is 1. The molecule has 1 aromatic carbocycles. The lowest BCUT2D eigenvalue weighted by Crippen LogP contribution is -2.33. The summed E-state index contributed by atoms with van der Waals surface area (Å²) in [5, 5.41) is 10.7. The molecule has 1 aromatic rings. The van der Waals surface area contributed by atoms with Crippen LogP contribution in [-0.4, -0.2) is 11.7 Å². The van der Waals surface area contributed by atoms with Gasteiger partial charge in [0.05, 0.1) is 4.47 Å². The second kappa shape index (κ2) is 5.69. The van der Waals surface area contributed by atoms with Crippen molar-refractivity contribution in [1.82, 2.24) is 0 Å². The van der Waals surface area contributed by atoms with Gasteiger partial charge in [-0.3, -0.25) is 0 Å². The fraction of sp³-hybridized carbons (Fsp3) is 0.647. The Morgan fingerprint density at radius 1 is 1.10 bits per heavy atom. The largest absolute Gasteiger partial charge is 0.506 e. The van der Waals surface area contributed by atoms with Crippen molar-refractivity contribution in [1.29, 1.82) is 0 Å². The van der Waals surface area contributed by atoms with E-state index in [-0.39, 0.29) is 5.41 Å². The molecule has 2 aliphatic carbocycles. The van der Waals surface area contributed by atoms with E-state index in [2.05, 4.69) is 22.0 Å². The molecule has 3 N–H and O–H groups in total. The highest BCUT2D eigenvalue weighted by Crippen LogP contribution is 2.49. The summed E-state index contributed by atoms with van der Waals surface area (Å²) in [6.45, 7) is 0.656. The summed E-state index contributed by atoms with van der Waals surface area (Å²) in [6, 6.07) is 2.14. The molecule has 0 atom stereocenters. The zero-order chi connectivity index (χ0) is 14.2. The van der Waals surface area contributed by atoms with Crippen LogP contribution in [-0.2, 0) is 18.3 Å². The van der Waals surface area contributed by atoms with Crippen LogP contribution in [0.25, 0.3) is 0 Å². The minimum Gasteiger partial charge on any atom is -0.506 e. The Balaban J connectivity index is 2.20. The van der Waals surface area contributed by atoms with Crippen molar-refractivity contribution in [3.63, 3.8) is 0 Å². The van der Waals surface area contributed by atoms with Crippen LogP contribution in [0, 0.1) is 0 Å². The number of phenolic OH excluding ortho intramolecular Hbond substituents is 1. The van der Waals surface area contributed by atoms with Gasteiger partial charge in [0.1, 0.15) is 5.75 Å². The van der Waals surface area contributed by atoms with Crippen molar-refractivity contribution >= 4 is 15.9 Å². The maximum Gasteiger partial charge on any atom is 0.133 e. The number of hydrogen-bond acceptors (Lipinski definition) is 2. The molecule has 1 fully saturated rings. The highest BCUT2D eigenvalue weighted by Gasteiger charge is 2.39. The van der Waals surface area contributed by atoms with Crippen molar-refractivity contribution in [3.8, 4) is 5.75 Å². The molecular weight excluding hydrogens is 314 g/mol. The molecule has 0 amide bonds. The van der Waals surface area contributed by atoms with Crippen LogP contribution in [0.5, 0.6) is 5.75 Å². The molecule has 0 aliphatic heterocycles. The molecule has 3 rings (SSSR count). The maximum atomic E-state index is 10.7. The molecule has 1 saturated carbocycles. The van der Waals surface area contributed by atoms with Crippen molar-refractivity contribution in [2.75, 3.05) is 6.54 Å². The van der Waals surface area contributed by atoms with E-state index in [9.17, 15) is 5.11 Å². The zero-order valence-electron chi connectivity index (χ0n) is 12.1. The fourth-order valence-corrected chi connectivity index (χ4v) is 4.69. The maximum absolute atomic E-state index is 10.7. The van der Waals surface area contributed by atoms with Gasteiger partial charge in [0.2, 0.25) is 0 Å². The van der Waals surface area contributed by atoms with E-state index >= 15 is 0 Å². The van der Waals surface area contributed by atoms with Gasteiger partial charge in [-0.2, -0.15) is 0 Å². The van der Waals surface area contributed by atoms with Gasteiger partial charge in [0.25, 0.3) is 0 Å². The average molecular weight is 338 g/mol. The van der Waals surface area contributed by atoms with E-state index in [1.807, 2.05) is 0 Å². The molecule has 0 radical (unpaired) electrons. The van der Waals surface area contributed by atoms with Gasteiger partial charge in [-0.25, -0.2) is 0 Å². The second-order valence-electron chi connectivity index (χ2n) is 6.47. The number of rotatable bonds is 2. The molecule has 0 bridgehead atoms. The Kier molecular flexibility index (Phi) is 4.09. The summed E-state index contributed by atoms with van der Waals surface area (Å²) in [5.41, 5.74) is 10.2. The van der Waals surface area contributed by atoms with Gasteiger partial charge in [0.15, 0.2) is 0 Å². The number of nitrogens with two attached hydrogens (primary N) is 1. The van der Waals surface area contributed by atoms with Crippen LogP contribution in [0.4, 0.5) is 0 Å². The van der Waals surface area contributed by atoms with E-state index in [1.54, 1.807) is 0 Å². The predicted octanol–water partition coefficient (Wildman–Crippen LogP) is 4.19. The number of aryl methyl sites for hydroxylation is 1. The van der Waals surface area contributed by atoms with Crippen molar-refractivity contribution in [2.45, 2.75) is 63.2 Å². The third kappa shape index (κ3) is 2.29. The van der Waals surface area contributed by atoms with Gasteiger partial charge in [-0.15, -0.1) is 0 Å². The van der Waals surface area contributed by atoms with E-state index in [0.717, 1.165) is 30.2 Å². The number of fused-ring (bicyclic) bond motifs is 1. The van der Waals surface area contributed by atoms with Gasteiger partial charge in [0, 0.05) is 17.5 Å². The molecule has 110 valence electrons. The Morgan fingerprint density at radius 2 is 1.80 bits per heavy atom. The highest BCUT2D eigenvalue weighted by atomic mass is 79.9. The molecule has 0 saturated heterocycles. The molecule has 0 aromatic heterocycles. The van der Waals surface area contributed by atoms with Crippen LogP contribution < -0.4 is 5.73 Å². The lowest BCUT2D eigenvalue weighted by Gasteiger charge is -2.32. The zero-order valence-corrected chi connectivity index (χ0v) is 13.6. The first-order valence-electron chi connectivity index (χ1n) is 7.92. The minimum absolute atomic E-state index is 0.0162. The van der Waals surface area contributed by atoms with Crippen molar-refractivity contribution in [3.05, 3.63) is 27.2 Å². The lowest BCUT2D eigenvalue weighted by molar-refractivity contribution is 0.399. The number of halogens is 1. The molecule has 0 spiro atoms. The van der Waals surface area contributed by atoms with Crippen molar-refractivity contribution in [2.24, 2.45) is 5.73 Å². The summed E-state index contributed by atoms with van der Waals surface area (Å²) >= 11 is 3.56. The number of aromatic hydroxyl groups is 1. The quantitative estimate of drug-likeness (QED) is 0.794. The number of hydrogen-bond donors (Lipinski definition) is 2. The minimum atomic E-state index is 0.0162. The predicted molar refractivity (Wildman–Crippen MR) is 86.3 cm³/mol. The molecule has 2 nitrogen and oxygen atoms in total. The smallest absolute Gasteiger partial charge is 0.133 e. The Labute approximate surface area is 129 Å². The molecule has 2 aliphatic rings. The van der Waals surface area contributed by atoms with E-state index in [0.29, 0.717) is 12.3 Å². The molecular formula is C17H24BrNO. The standard InChI is InChI=1S/C17H24BrNO/c18-14-10-12-6-2-1-3-7-13(12)15(16(14)20)17(11-19)8-4-5-9-17/h10,20H,1-9,11,19H2. The Morgan fingerprint density at radius 3 is 2.50 bits per heavy atom. The number of benzene rings is 1. The van der Waals surface area contributed by atoms with Crippen LogP contribution in [0.2, 0.25) is 0 Å². The SMILES string of the molecule is NCC1(c2c(O)c(Br)cc3c2CCCCC3)CCCC1. The van der Waals surface area contributed by atoms with E-state index in [1.165, 1.54) is 48.8 Å². The van der Waals surface area contributed by atoms with Gasteiger partial charge < -0.3 is 10.8 Å². The Hall–Kier alpha value is -0.540. The van der Waals surface area contributed by atoms with E-state index < -0.39 is 0 Å². The average Bonchev–Trinajstić information content (AvgIpc) is 2.81. The lowest BCUT2D eigenvalue weighted by atomic mass is 9.74. The first-order chi connectivity index (χ1) is 9.68. The normalized spacial score (nSPS) is 21.5. The van der Waals surface area contributed by atoms with Crippen LogP contribution in [0.3, 0.4) is 0 Å². The summed E-state index contributed by atoms with van der Waals surface area (Å²) < 4.78 is 0.855. The van der Waals surface area contributed by atoms with Crippen LogP contribution in [0.1, 0.15) is 61.6 Å². The Bertz CT molecular complexity index is 506. The first kappa shape index (κ1) is 14.4. The third-order valence-corrected chi connectivity index (χ3v) is 5.91. The van der Waals surface area contributed by atoms with Gasteiger partial charge >= 0.3 is 0 Å². The molecule has 0 heterocycles. The third-order valence-electron chi connectivity index (χ3n) is 5.31. The summed E-state index contributed by atoms with van der Waals surface area (Å²) in [5.74, 6) is 0.456. The second-order valence-corrected chi connectivity index (χ2v) is 7.33. The van der Waals surface area contributed by atoms with Crippen LogP contribution >= 0.6 is 15.9 Å². The van der Waals surface area contributed by atoms with Gasteiger partial charge in [-0.05, 0) is 71.6 Å². The molecule has 20 heavy (non-hydrogen) atoms. The summed E-state index contributed by atoms with van der Waals surface area (Å²) in [4.78, 5) is 0. The van der Waals surface area contributed by atoms with E-state index in [4.69, 9.17) is 5.73 Å². The topological polar surface area (TPSA) is 46.2 Å². The fourth-order valence-electron chi connectivity index (χ4n) is 4.21. The monoisotopic (exact) mass is 337 g/mol. The molecule has 3 heteroatoms. The van der Waals surface area contributed by atoms with Gasteiger partial charge in [-0.1, -0.05) is 19.3 Å².